The maximum Gasteiger partial charge on any atom is 0.262 e. The number of hydrogen-bond acceptors (Lipinski definition) is 3. The van der Waals surface area contributed by atoms with Crippen molar-refractivity contribution in [2.45, 2.75) is 31.7 Å². The van der Waals surface area contributed by atoms with Gasteiger partial charge in [0.1, 0.15) is 5.82 Å². The fourth-order valence-electron chi connectivity index (χ4n) is 2.11. The van der Waals surface area contributed by atoms with E-state index in [0.29, 0.717) is 5.52 Å². The van der Waals surface area contributed by atoms with Crippen molar-refractivity contribution in [1.82, 2.24) is 13.7 Å². The van der Waals surface area contributed by atoms with Crippen LogP contribution in [0.2, 0.25) is 0 Å². The standard InChI is InChI=1S/C13H19N3O2S/c1-5-7-12-14-13(19(17,18)15(3)4)11-9-6-8-10(2)16(11)12/h6,8-9H,5,7H2,1-4H3. The van der Waals surface area contributed by atoms with Crippen molar-refractivity contribution in [3.63, 3.8) is 0 Å². The van der Waals surface area contributed by atoms with Gasteiger partial charge in [-0.3, -0.25) is 4.40 Å². The predicted molar refractivity (Wildman–Crippen MR) is 74.8 cm³/mol. The average Bonchev–Trinajstić information content (AvgIpc) is 2.70. The molecular formula is C13H19N3O2S. The molecule has 104 valence electrons. The number of sulfonamides is 1. The molecule has 2 aromatic heterocycles. The van der Waals surface area contributed by atoms with Gasteiger partial charge in [-0.1, -0.05) is 13.0 Å². The minimum absolute atomic E-state index is 0.143. The van der Waals surface area contributed by atoms with E-state index in [1.54, 1.807) is 6.07 Å². The molecule has 0 fully saturated rings. The lowest BCUT2D eigenvalue weighted by atomic mass is 10.3. The van der Waals surface area contributed by atoms with Crippen LogP contribution in [-0.4, -0.2) is 36.2 Å². The van der Waals surface area contributed by atoms with Crippen LogP contribution in [0.3, 0.4) is 0 Å². The Balaban J connectivity index is 2.81. The third-order valence-corrected chi connectivity index (χ3v) is 4.84. The number of rotatable bonds is 4. The van der Waals surface area contributed by atoms with Crippen molar-refractivity contribution in [2.75, 3.05) is 14.1 Å². The van der Waals surface area contributed by atoms with E-state index in [1.165, 1.54) is 18.4 Å². The molecule has 0 aromatic carbocycles. The minimum atomic E-state index is -3.52. The fourth-order valence-corrected chi connectivity index (χ4v) is 3.10. The molecule has 0 unspecified atom stereocenters. The van der Waals surface area contributed by atoms with Gasteiger partial charge >= 0.3 is 0 Å². The summed E-state index contributed by atoms with van der Waals surface area (Å²) >= 11 is 0. The van der Waals surface area contributed by atoms with Crippen molar-refractivity contribution in [3.8, 4) is 0 Å². The highest BCUT2D eigenvalue weighted by molar-refractivity contribution is 7.89. The predicted octanol–water partition coefficient (Wildman–Crippen LogP) is 1.85. The summed E-state index contributed by atoms with van der Waals surface area (Å²) in [4.78, 5) is 4.37. The van der Waals surface area contributed by atoms with E-state index >= 15 is 0 Å². The normalized spacial score (nSPS) is 12.5. The Labute approximate surface area is 113 Å². The summed E-state index contributed by atoms with van der Waals surface area (Å²) in [5.41, 5.74) is 1.64. The van der Waals surface area contributed by atoms with Gasteiger partial charge in [0, 0.05) is 26.2 Å². The molecule has 0 amide bonds. The van der Waals surface area contributed by atoms with Gasteiger partial charge in [0.15, 0.2) is 5.03 Å². The smallest absolute Gasteiger partial charge is 0.262 e. The number of fused-ring (bicyclic) bond motifs is 1. The number of aromatic nitrogens is 2. The Morgan fingerprint density at radius 1 is 1.32 bits per heavy atom. The summed E-state index contributed by atoms with van der Waals surface area (Å²) in [6, 6.07) is 5.62. The van der Waals surface area contributed by atoms with E-state index < -0.39 is 10.0 Å². The van der Waals surface area contributed by atoms with Crippen LogP contribution in [0.4, 0.5) is 0 Å². The molecule has 0 spiro atoms. The molecule has 2 heterocycles. The maximum absolute atomic E-state index is 12.3. The largest absolute Gasteiger partial charge is 0.300 e. The Hall–Kier alpha value is -1.40. The molecule has 6 heteroatoms. The van der Waals surface area contributed by atoms with Gasteiger partial charge in [0.05, 0.1) is 5.52 Å². The zero-order chi connectivity index (χ0) is 14.2. The molecule has 0 aliphatic heterocycles. The van der Waals surface area contributed by atoms with Crippen LogP contribution in [0.15, 0.2) is 23.2 Å². The molecule has 2 aromatic rings. The van der Waals surface area contributed by atoms with Gasteiger partial charge in [-0.05, 0) is 25.5 Å². The average molecular weight is 281 g/mol. The van der Waals surface area contributed by atoms with Crippen molar-refractivity contribution in [3.05, 3.63) is 29.7 Å². The lowest BCUT2D eigenvalue weighted by Gasteiger charge is -2.09. The molecule has 0 N–H and O–H groups in total. The van der Waals surface area contributed by atoms with Crippen LogP contribution in [0, 0.1) is 6.92 Å². The highest BCUT2D eigenvalue weighted by atomic mass is 32.2. The van der Waals surface area contributed by atoms with Crippen molar-refractivity contribution >= 4 is 15.5 Å². The zero-order valence-corrected chi connectivity index (χ0v) is 12.5. The number of nitrogens with zero attached hydrogens (tertiary/aromatic N) is 3. The van der Waals surface area contributed by atoms with Gasteiger partial charge in [0.25, 0.3) is 10.0 Å². The van der Waals surface area contributed by atoms with Crippen LogP contribution in [0.5, 0.6) is 0 Å². The summed E-state index contributed by atoms with van der Waals surface area (Å²) in [5, 5.41) is 0.143. The number of pyridine rings is 1. The number of aryl methyl sites for hydroxylation is 2. The highest BCUT2D eigenvalue weighted by Gasteiger charge is 2.25. The lowest BCUT2D eigenvalue weighted by Crippen LogP contribution is -2.22. The SMILES string of the molecule is CCCc1nc(S(=O)(=O)N(C)C)c2cccc(C)n12. The molecule has 0 bridgehead atoms. The van der Waals surface area contributed by atoms with Gasteiger partial charge in [-0.25, -0.2) is 17.7 Å². The molecule has 0 aliphatic rings. The Morgan fingerprint density at radius 2 is 2.00 bits per heavy atom. The summed E-state index contributed by atoms with van der Waals surface area (Å²) in [7, 11) is -0.469. The molecule has 0 atom stereocenters. The third-order valence-electron chi connectivity index (χ3n) is 3.09. The Morgan fingerprint density at radius 3 is 2.58 bits per heavy atom. The monoisotopic (exact) mass is 281 g/mol. The van der Waals surface area contributed by atoms with Crippen LogP contribution in [0.25, 0.3) is 5.52 Å². The second-order valence-electron chi connectivity index (χ2n) is 4.76. The summed E-state index contributed by atoms with van der Waals surface area (Å²) < 4.78 is 27.8. The van der Waals surface area contributed by atoms with E-state index in [9.17, 15) is 8.42 Å². The van der Waals surface area contributed by atoms with E-state index in [4.69, 9.17) is 0 Å². The quantitative estimate of drug-likeness (QED) is 0.859. The van der Waals surface area contributed by atoms with Gasteiger partial charge in [-0.15, -0.1) is 0 Å². The van der Waals surface area contributed by atoms with Crippen LogP contribution < -0.4 is 0 Å². The lowest BCUT2D eigenvalue weighted by molar-refractivity contribution is 0.518. The minimum Gasteiger partial charge on any atom is -0.300 e. The molecule has 0 aliphatic carbocycles. The maximum atomic E-state index is 12.3. The Bertz CT molecular complexity index is 702. The van der Waals surface area contributed by atoms with Gasteiger partial charge < -0.3 is 0 Å². The molecule has 5 nitrogen and oxygen atoms in total. The first-order valence-electron chi connectivity index (χ1n) is 6.29. The van der Waals surface area contributed by atoms with Crippen LogP contribution in [0.1, 0.15) is 24.9 Å². The molecule has 19 heavy (non-hydrogen) atoms. The first-order chi connectivity index (χ1) is 8.89. The molecule has 0 saturated carbocycles. The Kier molecular flexibility index (Phi) is 3.64. The molecule has 2 rings (SSSR count). The zero-order valence-electron chi connectivity index (χ0n) is 11.7. The van der Waals surface area contributed by atoms with E-state index in [2.05, 4.69) is 11.9 Å². The topological polar surface area (TPSA) is 54.7 Å². The van der Waals surface area contributed by atoms with Crippen LogP contribution in [-0.2, 0) is 16.4 Å². The first kappa shape index (κ1) is 14.0. The van der Waals surface area contributed by atoms with E-state index in [-0.39, 0.29) is 5.03 Å². The molecule has 0 radical (unpaired) electrons. The second kappa shape index (κ2) is 4.94. The molecular weight excluding hydrogens is 262 g/mol. The number of hydrogen-bond donors (Lipinski definition) is 0. The first-order valence-corrected chi connectivity index (χ1v) is 7.73. The van der Waals surface area contributed by atoms with Gasteiger partial charge in [0.2, 0.25) is 0 Å². The van der Waals surface area contributed by atoms with Crippen molar-refractivity contribution < 1.29 is 8.42 Å². The van der Waals surface area contributed by atoms with Crippen molar-refractivity contribution in [2.24, 2.45) is 0 Å². The van der Waals surface area contributed by atoms with Gasteiger partial charge in [-0.2, -0.15) is 0 Å². The summed E-state index contributed by atoms with van der Waals surface area (Å²) in [5.74, 6) is 0.802. The second-order valence-corrected chi connectivity index (χ2v) is 6.83. The van der Waals surface area contributed by atoms with E-state index in [0.717, 1.165) is 24.4 Å². The van der Waals surface area contributed by atoms with Crippen molar-refractivity contribution in [1.29, 1.82) is 0 Å². The van der Waals surface area contributed by atoms with E-state index in [1.807, 2.05) is 23.5 Å². The summed E-state index contributed by atoms with van der Waals surface area (Å²) in [6.45, 7) is 4.01. The third kappa shape index (κ3) is 2.26. The fraction of sp³-hybridized carbons (Fsp3) is 0.462. The van der Waals surface area contributed by atoms with Crippen LogP contribution >= 0.6 is 0 Å². The summed E-state index contributed by atoms with van der Waals surface area (Å²) in [6.07, 6.45) is 1.68. The highest BCUT2D eigenvalue weighted by Crippen LogP contribution is 2.22. The number of imidazole rings is 1. The molecule has 0 saturated heterocycles.